The van der Waals surface area contributed by atoms with Gasteiger partial charge in [0, 0.05) is 37.6 Å². The molecule has 0 amide bonds. The van der Waals surface area contributed by atoms with Gasteiger partial charge in [-0.25, -0.2) is 0 Å². The van der Waals surface area contributed by atoms with Gasteiger partial charge in [-0.1, -0.05) is 0 Å². The zero-order valence-electron chi connectivity index (χ0n) is 11.6. The maximum atomic E-state index is 11.1. The minimum atomic E-state index is -0.467. The van der Waals surface area contributed by atoms with Crippen molar-refractivity contribution < 1.29 is 9.72 Å². The largest absolute Gasteiger partial charge is 0.369 e. The highest BCUT2D eigenvalue weighted by atomic mass is 16.6. The first-order chi connectivity index (χ1) is 10.1. The monoisotopic (exact) mass is 285 g/mol. The smallest absolute Gasteiger partial charge is 0.293 e. The molecular weight excluding hydrogens is 270 g/mol. The van der Waals surface area contributed by atoms with Crippen molar-refractivity contribution in [2.45, 2.75) is 6.42 Å². The Kier molecular flexibility index (Phi) is 4.61. The number of carbonyl (C=O) groups excluding carboxylic acids is 1. The van der Waals surface area contributed by atoms with Crippen LogP contribution in [0.3, 0.4) is 0 Å². The molecule has 0 saturated heterocycles. The molecule has 0 atom stereocenters. The summed E-state index contributed by atoms with van der Waals surface area (Å²) in [5.74, 6) is 0. The number of carbonyl (C=O) groups is 1. The van der Waals surface area contributed by atoms with Crippen LogP contribution in [-0.2, 0) is 6.42 Å². The molecular formula is C15H15N3O3. The van der Waals surface area contributed by atoms with Crippen molar-refractivity contribution in [3.8, 4) is 0 Å². The third kappa shape index (κ3) is 3.62. The Morgan fingerprint density at radius 3 is 2.62 bits per heavy atom. The van der Waals surface area contributed by atoms with Gasteiger partial charge in [0.25, 0.3) is 5.69 Å². The number of hydrogen-bond acceptors (Lipinski definition) is 5. The van der Waals surface area contributed by atoms with Crippen LogP contribution >= 0.6 is 0 Å². The summed E-state index contributed by atoms with van der Waals surface area (Å²) in [5.41, 5.74) is 1.86. The highest BCUT2D eigenvalue weighted by molar-refractivity contribution is 5.79. The molecule has 0 aliphatic heterocycles. The number of nitrogens with zero attached hydrogens (tertiary/aromatic N) is 3. The molecule has 1 aromatic carbocycles. The number of nitro groups is 1. The average molecular weight is 285 g/mol. The molecule has 0 radical (unpaired) electrons. The van der Waals surface area contributed by atoms with E-state index in [0.29, 0.717) is 24.1 Å². The summed E-state index contributed by atoms with van der Waals surface area (Å²) in [7, 11) is 1.80. The molecule has 0 unspecified atom stereocenters. The summed E-state index contributed by atoms with van der Waals surface area (Å²) in [6.45, 7) is 0.630. The number of aromatic nitrogens is 1. The number of nitro benzene ring substituents is 1. The van der Waals surface area contributed by atoms with Crippen LogP contribution in [0, 0.1) is 10.1 Å². The van der Waals surface area contributed by atoms with Gasteiger partial charge in [-0.15, -0.1) is 0 Å². The molecule has 0 spiro atoms. The Morgan fingerprint density at radius 1 is 1.29 bits per heavy atom. The Bertz CT molecular complexity index is 644. The van der Waals surface area contributed by atoms with Crippen LogP contribution in [0.5, 0.6) is 0 Å². The molecule has 108 valence electrons. The van der Waals surface area contributed by atoms with Crippen LogP contribution in [0.4, 0.5) is 11.4 Å². The SMILES string of the molecule is CN(CCc1ccncc1)c1ccc(C=O)cc1[N+](=O)[O-]. The molecule has 0 saturated carbocycles. The highest BCUT2D eigenvalue weighted by Gasteiger charge is 2.17. The number of likely N-dealkylation sites (N-methyl/N-ethyl adjacent to an activating group) is 1. The fourth-order valence-corrected chi connectivity index (χ4v) is 2.05. The zero-order chi connectivity index (χ0) is 15.2. The lowest BCUT2D eigenvalue weighted by atomic mass is 10.1. The molecule has 1 heterocycles. The van der Waals surface area contributed by atoms with E-state index in [1.165, 1.54) is 6.07 Å². The fraction of sp³-hybridized carbons (Fsp3) is 0.200. The molecule has 0 bridgehead atoms. The third-order valence-electron chi connectivity index (χ3n) is 3.23. The van der Waals surface area contributed by atoms with Gasteiger partial charge in [-0.3, -0.25) is 19.9 Å². The topological polar surface area (TPSA) is 76.3 Å². The second-order valence-electron chi connectivity index (χ2n) is 4.65. The first-order valence-corrected chi connectivity index (χ1v) is 6.45. The quantitative estimate of drug-likeness (QED) is 0.463. The molecule has 6 heteroatoms. The first kappa shape index (κ1) is 14.6. The van der Waals surface area contributed by atoms with E-state index in [1.54, 1.807) is 31.6 Å². The molecule has 0 fully saturated rings. The summed E-state index contributed by atoms with van der Waals surface area (Å²) in [5, 5.41) is 11.1. The molecule has 21 heavy (non-hydrogen) atoms. The number of anilines is 1. The third-order valence-corrected chi connectivity index (χ3v) is 3.23. The number of pyridine rings is 1. The molecule has 1 aromatic heterocycles. The van der Waals surface area contributed by atoms with E-state index in [4.69, 9.17) is 0 Å². The van der Waals surface area contributed by atoms with Crippen molar-refractivity contribution in [3.05, 3.63) is 64.0 Å². The van der Waals surface area contributed by atoms with Crippen LogP contribution in [0.15, 0.2) is 42.7 Å². The van der Waals surface area contributed by atoms with Crippen molar-refractivity contribution >= 4 is 17.7 Å². The summed E-state index contributed by atoms with van der Waals surface area (Å²) < 4.78 is 0. The zero-order valence-corrected chi connectivity index (χ0v) is 11.6. The first-order valence-electron chi connectivity index (χ1n) is 6.45. The Balaban J connectivity index is 2.16. The van der Waals surface area contributed by atoms with E-state index in [1.807, 2.05) is 17.0 Å². The van der Waals surface area contributed by atoms with Gasteiger partial charge in [0.05, 0.1) is 4.92 Å². The van der Waals surface area contributed by atoms with Crippen molar-refractivity contribution in [3.63, 3.8) is 0 Å². The summed E-state index contributed by atoms with van der Waals surface area (Å²) in [6.07, 6.45) is 4.80. The lowest BCUT2D eigenvalue weighted by molar-refractivity contribution is -0.384. The van der Waals surface area contributed by atoms with E-state index in [-0.39, 0.29) is 5.69 Å². The van der Waals surface area contributed by atoms with Crippen molar-refractivity contribution in [2.24, 2.45) is 0 Å². The summed E-state index contributed by atoms with van der Waals surface area (Å²) in [6, 6.07) is 8.31. The lowest BCUT2D eigenvalue weighted by Gasteiger charge is -2.19. The number of rotatable bonds is 6. The average Bonchev–Trinajstić information content (AvgIpc) is 2.52. The Labute approximate surface area is 122 Å². The second kappa shape index (κ2) is 6.60. The van der Waals surface area contributed by atoms with E-state index < -0.39 is 4.92 Å². The van der Waals surface area contributed by atoms with E-state index in [9.17, 15) is 14.9 Å². The lowest BCUT2D eigenvalue weighted by Crippen LogP contribution is -2.21. The number of benzene rings is 1. The summed E-state index contributed by atoms with van der Waals surface area (Å²) >= 11 is 0. The predicted molar refractivity (Wildman–Crippen MR) is 79.7 cm³/mol. The van der Waals surface area contributed by atoms with Gasteiger partial charge in [-0.05, 0) is 36.2 Å². The van der Waals surface area contributed by atoms with Crippen LogP contribution in [0.25, 0.3) is 0 Å². The summed E-state index contributed by atoms with van der Waals surface area (Å²) in [4.78, 5) is 27.2. The van der Waals surface area contributed by atoms with Gasteiger partial charge in [0.2, 0.25) is 0 Å². The molecule has 0 N–H and O–H groups in total. The van der Waals surface area contributed by atoms with Gasteiger partial charge < -0.3 is 4.90 Å². The highest BCUT2D eigenvalue weighted by Crippen LogP contribution is 2.28. The minimum Gasteiger partial charge on any atom is -0.369 e. The number of aldehydes is 1. The maximum absolute atomic E-state index is 11.1. The standard InChI is InChI=1S/C15H15N3O3/c1-17(9-6-12-4-7-16-8-5-12)14-3-2-13(11-19)10-15(14)18(20)21/h2-5,7-8,10-11H,6,9H2,1H3. The minimum absolute atomic E-state index is 0.0585. The van der Waals surface area contributed by atoms with Gasteiger partial charge in [0.15, 0.2) is 0 Å². The molecule has 2 aromatic rings. The fourth-order valence-electron chi connectivity index (χ4n) is 2.05. The van der Waals surface area contributed by atoms with Crippen LogP contribution in [-0.4, -0.2) is 29.8 Å². The van der Waals surface area contributed by atoms with E-state index >= 15 is 0 Å². The van der Waals surface area contributed by atoms with E-state index in [0.717, 1.165) is 12.0 Å². The second-order valence-corrected chi connectivity index (χ2v) is 4.65. The Morgan fingerprint density at radius 2 is 2.00 bits per heavy atom. The van der Waals surface area contributed by atoms with Crippen molar-refractivity contribution in [2.75, 3.05) is 18.5 Å². The van der Waals surface area contributed by atoms with Crippen LogP contribution in [0.2, 0.25) is 0 Å². The van der Waals surface area contributed by atoms with Gasteiger partial charge in [-0.2, -0.15) is 0 Å². The van der Waals surface area contributed by atoms with Crippen molar-refractivity contribution in [1.29, 1.82) is 0 Å². The normalized spacial score (nSPS) is 10.1. The number of hydrogen-bond donors (Lipinski definition) is 0. The predicted octanol–water partition coefficient (Wildman–Crippen LogP) is 2.48. The van der Waals surface area contributed by atoms with Gasteiger partial charge in [0.1, 0.15) is 12.0 Å². The molecule has 2 rings (SSSR count). The molecule has 6 nitrogen and oxygen atoms in total. The Hall–Kier alpha value is -2.76. The molecule has 0 aliphatic carbocycles. The van der Waals surface area contributed by atoms with Crippen LogP contribution < -0.4 is 4.90 Å². The van der Waals surface area contributed by atoms with Crippen molar-refractivity contribution in [1.82, 2.24) is 4.98 Å². The van der Waals surface area contributed by atoms with E-state index in [2.05, 4.69) is 4.98 Å². The van der Waals surface area contributed by atoms with Gasteiger partial charge >= 0.3 is 0 Å². The molecule has 0 aliphatic rings. The maximum Gasteiger partial charge on any atom is 0.293 e. The van der Waals surface area contributed by atoms with Crippen LogP contribution in [0.1, 0.15) is 15.9 Å².